The summed E-state index contributed by atoms with van der Waals surface area (Å²) in [5.74, 6) is 0.366. The molecule has 0 aliphatic carbocycles. The zero-order valence-electron chi connectivity index (χ0n) is 12.0. The van der Waals surface area contributed by atoms with Crippen LogP contribution in [0, 0.1) is 0 Å². The molecule has 20 heavy (non-hydrogen) atoms. The summed E-state index contributed by atoms with van der Waals surface area (Å²) in [5.41, 5.74) is 7.00. The number of nitrogens with two attached hydrogens (primary N) is 1. The maximum Gasteiger partial charge on any atom is 0.165 e. The van der Waals surface area contributed by atoms with Gasteiger partial charge in [0, 0.05) is 0 Å². The Labute approximate surface area is 121 Å². The van der Waals surface area contributed by atoms with Gasteiger partial charge in [-0.1, -0.05) is 13.8 Å². The molecule has 0 saturated heterocycles. The van der Waals surface area contributed by atoms with Gasteiger partial charge in [0.25, 0.3) is 0 Å². The summed E-state index contributed by atoms with van der Waals surface area (Å²) < 4.78 is 1.83. The van der Waals surface area contributed by atoms with E-state index in [4.69, 9.17) is 5.73 Å². The van der Waals surface area contributed by atoms with Crippen molar-refractivity contribution in [2.75, 3.05) is 5.73 Å². The lowest BCUT2D eigenvalue weighted by molar-refractivity contribution is 0.129. The van der Waals surface area contributed by atoms with E-state index in [1.807, 2.05) is 4.57 Å². The lowest BCUT2D eigenvalue weighted by Crippen LogP contribution is -2.28. The van der Waals surface area contributed by atoms with Crippen LogP contribution in [-0.2, 0) is 6.54 Å². The number of hydrogen-bond acceptors (Lipinski definition) is 5. The molecule has 0 fully saturated rings. The number of aliphatic hydroxyl groups excluding tert-OH is 1. The second kappa shape index (κ2) is 6.02. The van der Waals surface area contributed by atoms with Gasteiger partial charge < -0.3 is 15.4 Å². The molecule has 2 aromatic rings. The molecule has 2 heterocycles. The quantitative estimate of drug-likeness (QED) is 0.790. The smallest absolute Gasteiger partial charge is 0.165 e. The molecule has 2 atom stereocenters. The fourth-order valence-corrected chi connectivity index (χ4v) is 2.60. The lowest BCUT2D eigenvalue weighted by atomic mass is 9.94. The molecule has 0 amide bonds. The molecular formula is C13H22N5OP. The number of hydrogen-bond donors (Lipinski definition) is 2. The Morgan fingerprint density at radius 1 is 1.35 bits per heavy atom. The molecule has 0 aliphatic rings. The summed E-state index contributed by atoms with van der Waals surface area (Å²) in [6.45, 7) is 4.75. The molecule has 3 N–H and O–H groups in total. The molecule has 1 unspecified atom stereocenters. The highest BCUT2D eigenvalue weighted by Gasteiger charge is 2.24. The van der Waals surface area contributed by atoms with Crippen molar-refractivity contribution in [3.63, 3.8) is 0 Å². The summed E-state index contributed by atoms with van der Waals surface area (Å²) in [7, 11) is 2.88. The van der Waals surface area contributed by atoms with E-state index in [-0.39, 0.29) is 5.16 Å². The highest BCUT2D eigenvalue weighted by Crippen LogP contribution is 2.32. The van der Waals surface area contributed by atoms with Gasteiger partial charge in [0.1, 0.15) is 11.8 Å². The first-order valence-electron chi connectivity index (χ1n) is 6.87. The molecule has 0 radical (unpaired) electrons. The topological polar surface area (TPSA) is 89.8 Å². The van der Waals surface area contributed by atoms with Gasteiger partial charge in [0.05, 0.1) is 19.0 Å². The monoisotopic (exact) mass is 295 g/mol. The Morgan fingerprint density at radius 2 is 2.05 bits per heavy atom. The molecule has 0 saturated carbocycles. The number of fused-ring (bicyclic) bond motifs is 1. The third kappa shape index (κ3) is 3.07. The van der Waals surface area contributed by atoms with Crippen LogP contribution in [0.1, 0.15) is 33.1 Å². The first-order valence-corrected chi connectivity index (χ1v) is 7.45. The van der Waals surface area contributed by atoms with Crippen molar-refractivity contribution >= 4 is 26.2 Å². The Kier molecular flexibility index (Phi) is 4.55. The Balaban J connectivity index is 2.14. The van der Waals surface area contributed by atoms with Crippen LogP contribution in [-0.4, -0.2) is 35.9 Å². The molecule has 110 valence electrons. The number of imidazole rings is 1. The molecule has 0 spiro atoms. The predicted molar refractivity (Wildman–Crippen MR) is 83.4 cm³/mol. The van der Waals surface area contributed by atoms with Crippen molar-refractivity contribution in [2.45, 2.75) is 50.9 Å². The molecule has 0 bridgehead atoms. The fraction of sp³-hybridized carbons (Fsp3) is 0.615. The summed E-state index contributed by atoms with van der Waals surface area (Å²) in [6.07, 6.45) is 5.39. The number of anilines is 1. The van der Waals surface area contributed by atoms with Crippen LogP contribution in [0.25, 0.3) is 11.2 Å². The van der Waals surface area contributed by atoms with Crippen molar-refractivity contribution in [1.29, 1.82) is 0 Å². The number of rotatable bonds is 6. The maximum atomic E-state index is 10.3. The molecule has 2 rings (SSSR count). The maximum absolute atomic E-state index is 10.3. The molecule has 2 aromatic heterocycles. The highest BCUT2D eigenvalue weighted by atomic mass is 31.0. The minimum Gasteiger partial charge on any atom is -0.391 e. The Morgan fingerprint density at radius 3 is 2.70 bits per heavy atom. The summed E-state index contributed by atoms with van der Waals surface area (Å²) in [6, 6.07) is 0. The zero-order chi connectivity index (χ0) is 14.8. The van der Waals surface area contributed by atoms with Crippen LogP contribution in [0.5, 0.6) is 0 Å². The predicted octanol–water partition coefficient (Wildman–Crippen LogP) is 1.59. The number of nitrogens with zero attached hydrogens (tertiary/aromatic N) is 4. The zero-order valence-corrected chi connectivity index (χ0v) is 13.1. The number of aromatic nitrogens is 4. The van der Waals surface area contributed by atoms with Gasteiger partial charge >= 0.3 is 0 Å². The fourth-order valence-electron chi connectivity index (χ4n) is 2.33. The van der Waals surface area contributed by atoms with E-state index in [1.54, 1.807) is 6.33 Å². The van der Waals surface area contributed by atoms with Crippen LogP contribution in [0.3, 0.4) is 0 Å². The molecular weight excluding hydrogens is 273 g/mol. The van der Waals surface area contributed by atoms with Crippen molar-refractivity contribution in [3.05, 3.63) is 12.7 Å². The number of aliphatic hydroxyl groups is 1. The van der Waals surface area contributed by atoms with Crippen LogP contribution in [0.2, 0.25) is 0 Å². The van der Waals surface area contributed by atoms with Crippen molar-refractivity contribution in [2.24, 2.45) is 0 Å². The normalized spacial score (nSPS) is 13.8. The second-order valence-corrected chi connectivity index (χ2v) is 6.48. The number of nitrogen functional groups attached to an aromatic ring is 1. The van der Waals surface area contributed by atoms with E-state index in [9.17, 15) is 5.11 Å². The first kappa shape index (κ1) is 15.1. The SMILES string of the molecule is CCC(P)(CC)C[C@@H](O)Cn1cnc2c(N)ncnc21. The highest BCUT2D eigenvalue weighted by molar-refractivity contribution is 7.19. The van der Waals surface area contributed by atoms with Crippen LogP contribution >= 0.6 is 9.24 Å². The largest absolute Gasteiger partial charge is 0.391 e. The van der Waals surface area contributed by atoms with Crippen LogP contribution < -0.4 is 5.73 Å². The third-order valence-corrected chi connectivity index (χ3v) is 4.94. The van der Waals surface area contributed by atoms with Crippen LogP contribution in [0.4, 0.5) is 5.82 Å². The van der Waals surface area contributed by atoms with Gasteiger partial charge in [-0.15, -0.1) is 9.24 Å². The van der Waals surface area contributed by atoms with Gasteiger partial charge in [-0.25, -0.2) is 15.0 Å². The molecule has 0 aromatic carbocycles. The Hall–Kier alpha value is -1.26. The van der Waals surface area contributed by atoms with E-state index < -0.39 is 6.10 Å². The Bertz CT molecular complexity index is 581. The first-order chi connectivity index (χ1) is 9.49. The van der Waals surface area contributed by atoms with E-state index in [2.05, 4.69) is 38.0 Å². The third-order valence-electron chi connectivity index (χ3n) is 3.89. The van der Waals surface area contributed by atoms with Gasteiger partial charge in [0.2, 0.25) is 0 Å². The van der Waals surface area contributed by atoms with E-state index >= 15 is 0 Å². The summed E-state index contributed by atoms with van der Waals surface area (Å²) >= 11 is 0. The van der Waals surface area contributed by atoms with Crippen molar-refractivity contribution < 1.29 is 5.11 Å². The van der Waals surface area contributed by atoms with E-state index in [0.29, 0.717) is 23.5 Å². The van der Waals surface area contributed by atoms with Gasteiger partial charge in [-0.2, -0.15) is 0 Å². The van der Waals surface area contributed by atoms with Gasteiger partial charge in [0.15, 0.2) is 11.5 Å². The average Bonchev–Trinajstić information content (AvgIpc) is 2.83. The van der Waals surface area contributed by atoms with Crippen LogP contribution in [0.15, 0.2) is 12.7 Å². The van der Waals surface area contributed by atoms with Crippen molar-refractivity contribution in [1.82, 2.24) is 19.5 Å². The lowest BCUT2D eigenvalue weighted by Gasteiger charge is -2.29. The second-order valence-electron chi connectivity index (χ2n) is 5.26. The van der Waals surface area contributed by atoms with E-state index in [0.717, 1.165) is 19.3 Å². The van der Waals surface area contributed by atoms with Crippen molar-refractivity contribution in [3.8, 4) is 0 Å². The average molecular weight is 295 g/mol. The minimum absolute atomic E-state index is 0.0871. The van der Waals surface area contributed by atoms with Gasteiger partial charge in [-0.05, 0) is 24.4 Å². The molecule has 0 aliphatic heterocycles. The summed E-state index contributed by atoms with van der Waals surface area (Å²) in [5, 5.41) is 10.4. The summed E-state index contributed by atoms with van der Waals surface area (Å²) in [4.78, 5) is 12.3. The molecule has 6 nitrogen and oxygen atoms in total. The standard InChI is InChI=1S/C13H22N5OP/c1-3-13(20,4-2)5-9(19)6-18-8-17-10-11(14)15-7-16-12(10)18/h7-9,19H,3-6,20H2,1-2H3,(H2,14,15,16)/t9-/m1/s1. The molecule has 7 heteroatoms. The van der Waals surface area contributed by atoms with E-state index in [1.165, 1.54) is 6.33 Å². The minimum atomic E-state index is -0.444. The van der Waals surface area contributed by atoms with Gasteiger partial charge in [-0.3, -0.25) is 0 Å².